The van der Waals surface area contributed by atoms with E-state index in [1.807, 2.05) is 0 Å². The first-order chi connectivity index (χ1) is 21.2. The molecule has 0 aliphatic carbocycles. The molecule has 5 rings (SSSR count). The maximum atomic E-state index is 14.0. The molecule has 244 valence electrons. The summed E-state index contributed by atoms with van der Waals surface area (Å²) in [5.41, 5.74) is 0.673. The maximum Gasteiger partial charge on any atom is 0.416 e. The molecule has 45 heavy (non-hydrogen) atoms. The molecule has 3 heterocycles. The van der Waals surface area contributed by atoms with Crippen LogP contribution in [0, 0.1) is 11.7 Å². The van der Waals surface area contributed by atoms with Crippen molar-refractivity contribution in [2.24, 2.45) is 5.92 Å². The third kappa shape index (κ3) is 7.72. The van der Waals surface area contributed by atoms with Gasteiger partial charge in [-0.3, -0.25) is 9.48 Å². The van der Waals surface area contributed by atoms with Crippen LogP contribution in [-0.2, 0) is 42.3 Å². The fraction of sp³-hybridized carbons (Fsp3) is 0.467. The van der Waals surface area contributed by atoms with Crippen LogP contribution >= 0.6 is 0 Å². The van der Waals surface area contributed by atoms with Gasteiger partial charge in [0.15, 0.2) is 0 Å². The van der Waals surface area contributed by atoms with E-state index in [0.29, 0.717) is 36.3 Å². The summed E-state index contributed by atoms with van der Waals surface area (Å²) in [6, 6.07) is 8.03. The van der Waals surface area contributed by atoms with Crippen LogP contribution in [0.4, 0.5) is 17.6 Å². The van der Waals surface area contributed by atoms with Crippen LogP contribution < -0.4 is 5.32 Å². The summed E-state index contributed by atoms with van der Waals surface area (Å²) in [5, 5.41) is 27.5. The topological polar surface area (TPSA) is 128 Å². The Morgan fingerprint density at radius 1 is 1.13 bits per heavy atom. The molecule has 1 amide bonds. The van der Waals surface area contributed by atoms with Crippen molar-refractivity contribution in [1.82, 2.24) is 24.3 Å². The lowest BCUT2D eigenvalue weighted by Crippen LogP contribution is -2.37. The number of halogens is 4. The summed E-state index contributed by atoms with van der Waals surface area (Å²) in [6.07, 6.45) is -3.36. The predicted molar refractivity (Wildman–Crippen MR) is 157 cm³/mol. The van der Waals surface area contributed by atoms with Gasteiger partial charge in [0.05, 0.1) is 30.2 Å². The van der Waals surface area contributed by atoms with Gasteiger partial charge in [0.25, 0.3) is 5.91 Å². The molecule has 0 spiro atoms. The molecule has 0 radical (unpaired) electrons. The first-order valence-electron chi connectivity index (χ1n) is 14.5. The van der Waals surface area contributed by atoms with E-state index in [4.69, 9.17) is 0 Å². The molecule has 2 aromatic carbocycles. The highest BCUT2D eigenvalue weighted by Crippen LogP contribution is 2.37. The van der Waals surface area contributed by atoms with Crippen molar-refractivity contribution < 1.29 is 41.0 Å². The number of hydrogen-bond acceptors (Lipinski definition) is 7. The lowest BCUT2D eigenvalue weighted by atomic mass is 9.97. The van der Waals surface area contributed by atoms with Crippen molar-refractivity contribution in [3.63, 3.8) is 0 Å². The number of amides is 1. The Balaban J connectivity index is 1.46. The van der Waals surface area contributed by atoms with Crippen molar-refractivity contribution in [2.75, 3.05) is 39.0 Å². The normalized spacial score (nSPS) is 18.6. The lowest BCUT2D eigenvalue weighted by molar-refractivity contribution is -0.138. The summed E-state index contributed by atoms with van der Waals surface area (Å²) in [6.45, 7) is 1.56. The SMILES string of the molecule is CS(=O)(=O)N1CCc2c(c(-c3ccc(C(F)(F)F)c(CNC(=O)c4ccc(F)cc4)c3)nn2CC(O)CN2CC[C@@H](CO)C2)C1. The molecule has 0 bridgehead atoms. The van der Waals surface area contributed by atoms with Crippen LogP contribution in [0.25, 0.3) is 11.3 Å². The second kappa shape index (κ2) is 13.2. The smallest absolute Gasteiger partial charge is 0.396 e. The number of carbonyl (C=O) groups excluding carboxylic acids is 1. The zero-order valence-corrected chi connectivity index (χ0v) is 25.4. The quantitative estimate of drug-likeness (QED) is 0.287. The molecule has 15 heteroatoms. The van der Waals surface area contributed by atoms with Gasteiger partial charge in [-0.1, -0.05) is 6.07 Å². The van der Waals surface area contributed by atoms with Crippen LogP contribution in [0.2, 0.25) is 0 Å². The predicted octanol–water partition coefficient (Wildman–Crippen LogP) is 2.63. The van der Waals surface area contributed by atoms with Gasteiger partial charge in [-0.25, -0.2) is 12.8 Å². The molecule has 3 N–H and O–H groups in total. The fourth-order valence-electron chi connectivity index (χ4n) is 5.96. The van der Waals surface area contributed by atoms with Crippen molar-refractivity contribution in [1.29, 1.82) is 0 Å². The monoisotopic (exact) mass is 653 g/mol. The Labute approximate surface area is 258 Å². The van der Waals surface area contributed by atoms with Crippen LogP contribution in [0.1, 0.15) is 39.2 Å². The van der Waals surface area contributed by atoms with E-state index in [0.717, 1.165) is 37.4 Å². The van der Waals surface area contributed by atoms with Gasteiger partial charge >= 0.3 is 6.18 Å². The van der Waals surface area contributed by atoms with E-state index in [-0.39, 0.29) is 49.0 Å². The minimum atomic E-state index is -4.73. The molecule has 2 aliphatic heterocycles. The molecule has 3 aromatic rings. The molecule has 10 nitrogen and oxygen atoms in total. The molecule has 0 saturated carbocycles. The highest BCUT2D eigenvalue weighted by atomic mass is 32.2. The van der Waals surface area contributed by atoms with E-state index in [9.17, 15) is 41.0 Å². The van der Waals surface area contributed by atoms with Crippen molar-refractivity contribution >= 4 is 15.9 Å². The lowest BCUT2D eigenvalue weighted by Gasteiger charge is -2.26. The number of rotatable bonds is 10. The first kappa shape index (κ1) is 33.0. The molecule has 1 aromatic heterocycles. The average Bonchev–Trinajstić information content (AvgIpc) is 3.59. The van der Waals surface area contributed by atoms with E-state index < -0.39 is 46.1 Å². The fourth-order valence-corrected chi connectivity index (χ4v) is 6.74. The third-order valence-electron chi connectivity index (χ3n) is 8.28. The van der Waals surface area contributed by atoms with Gasteiger partial charge < -0.3 is 20.4 Å². The number of carbonyl (C=O) groups is 1. The Morgan fingerprint density at radius 2 is 1.87 bits per heavy atom. The molecule has 2 aliphatic rings. The summed E-state index contributed by atoms with van der Waals surface area (Å²) in [7, 11) is -3.59. The van der Waals surface area contributed by atoms with Gasteiger partial charge in [-0.05, 0) is 60.8 Å². The molecular formula is C30H35F4N5O5S. The number of likely N-dealkylation sites (tertiary alicyclic amines) is 1. The highest BCUT2D eigenvalue weighted by Gasteiger charge is 2.35. The Bertz CT molecular complexity index is 1650. The number of benzene rings is 2. The third-order valence-corrected chi connectivity index (χ3v) is 9.53. The minimum Gasteiger partial charge on any atom is -0.396 e. The standard InChI is InChI=1S/C30H35F4N5O5S/c1-45(43,44)38-11-9-27-25(17-38)28(36-39(27)16-24(41)15-37-10-8-19(14-37)18-40)21-4-7-26(30(32,33)34)22(12-21)13-35-29(42)20-2-5-23(31)6-3-20/h2-7,12,19,24,40-41H,8-11,13-18H2,1H3,(H,35,42)/t19-,24?/m1/s1. The highest BCUT2D eigenvalue weighted by molar-refractivity contribution is 7.88. The molecule has 1 unspecified atom stereocenters. The van der Waals surface area contributed by atoms with Crippen molar-refractivity contribution in [2.45, 2.75) is 44.8 Å². The molecule has 1 fully saturated rings. The zero-order valence-electron chi connectivity index (χ0n) is 24.6. The number of aromatic nitrogens is 2. The van der Waals surface area contributed by atoms with Crippen LogP contribution in [0.15, 0.2) is 42.5 Å². The van der Waals surface area contributed by atoms with E-state index in [1.165, 1.54) is 28.6 Å². The van der Waals surface area contributed by atoms with Gasteiger partial charge in [0.2, 0.25) is 10.0 Å². The molecular weight excluding hydrogens is 618 g/mol. The Hall–Kier alpha value is -3.37. The molecule has 2 atom stereocenters. The molecule has 1 saturated heterocycles. The maximum absolute atomic E-state index is 14.0. The second-order valence-corrected chi connectivity index (χ2v) is 13.6. The van der Waals surface area contributed by atoms with Crippen molar-refractivity contribution in [3.8, 4) is 11.3 Å². The second-order valence-electron chi connectivity index (χ2n) is 11.6. The number of aliphatic hydroxyl groups is 2. The van der Waals surface area contributed by atoms with E-state index >= 15 is 0 Å². The number of hydrogen-bond donors (Lipinski definition) is 3. The largest absolute Gasteiger partial charge is 0.416 e. The van der Waals surface area contributed by atoms with Gasteiger partial charge in [-0.2, -0.15) is 22.6 Å². The summed E-state index contributed by atoms with van der Waals surface area (Å²) in [5.74, 6) is -1.09. The number of β-amino-alcohol motifs (C(OH)–C–C–N with tert-alkyl or cyclic N) is 1. The summed E-state index contributed by atoms with van der Waals surface area (Å²) in [4.78, 5) is 14.7. The Morgan fingerprint density at radius 3 is 2.51 bits per heavy atom. The number of aliphatic hydroxyl groups excluding tert-OH is 2. The van der Waals surface area contributed by atoms with Crippen LogP contribution in [0.3, 0.4) is 0 Å². The number of alkyl halides is 3. The number of nitrogens with one attached hydrogen (secondary N) is 1. The van der Waals surface area contributed by atoms with Crippen LogP contribution in [0.5, 0.6) is 0 Å². The van der Waals surface area contributed by atoms with Gasteiger partial charge in [0.1, 0.15) is 5.82 Å². The summed E-state index contributed by atoms with van der Waals surface area (Å²) >= 11 is 0. The van der Waals surface area contributed by atoms with Crippen molar-refractivity contribution in [3.05, 3.63) is 76.2 Å². The zero-order chi connectivity index (χ0) is 32.5. The average molecular weight is 654 g/mol. The van der Waals surface area contributed by atoms with Gasteiger partial charge in [0, 0.05) is 68.1 Å². The summed E-state index contributed by atoms with van der Waals surface area (Å²) < 4.78 is 83.0. The Kier molecular flexibility index (Phi) is 9.65. The number of sulfonamides is 1. The number of nitrogens with zero attached hydrogens (tertiary/aromatic N) is 4. The van der Waals surface area contributed by atoms with Gasteiger partial charge in [-0.15, -0.1) is 0 Å². The van der Waals surface area contributed by atoms with Crippen LogP contribution in [-0.4, -0.2) is 88.7 Å². The first-order valence-corrected chi connectivity index (χ1v) is 16.4. The van der Waals surface area contributed by atoms with E-state index in [1.54, 1.807) is 4.68 Å². The number of fused-ring (bicyclic) bond motifs is 1. The van der Waals surface area contributed by atoms with E-state index in [2.05, 4.69) is 15.3 Å². The minimum absolute atomic E-state index is 0.0401.